The van der Waals surface area contributed by atoms with E-state index in [-0.39, 0.29) is 0 Å². The molecule has 1 aliphatic carbocycles. The zero-order valence-corrected chi connectivity index (χ0v) is 38.8. The molecule has 0 radical (unpaired) electrons. The van der Waals surface area contributed by atoms with E-state index in [0.717, 1.165) is 61.2 Å². The SMILES string of the molecule is c1ccc(-c2ccc(-c3ccc(N(c4ccc(-c5ccccc5)cc4)c4cccc(-c5ccc6c(c5)-c5ccccc5C65c6ccc7ccccc7c6Oc6c5ccc5ccccc65)c4)cc3)cc2)cc1. The van der Waals surface area contributed by atoms with Crippen LogP contribution in [0.2, 0.25) is 0 Å². The van der Waals surface area contributed by atoms with Crippen LogP contribution in [0.1, 0.15) is 22.3 Å². The summed E-state index contributed by atoms with van der Waals surface area (Å²) in [4.78, 5) is 2.38. The maximum absolute atomic E-state index is 7.20. The van der Waals surface area contributed by atoms with Crippen LogP contribution in [0.3, 0.4) is 0 Å². The van der Waals surface area contributed by atoms with Gasteiger partial charge in [-0.1, -0.05) is 231 Å². The Hall–Kier alpha value is -9.24. The minimum atomic E-state index is -0.595. The maximum Gasteiger partial charge on any atom is 0.140 e. The molecule has 1 spiro atoms. The number of nitrogens with zero attached hydrogens (tertiary/aromatic N) is 1. The molecule has 14 rings (SSSR count). The first-order valence-corrected chi connectivity index (χ1v) is 24.5. The van der Waals surface area contributed by atoms with Crippen LogP contribution in [0.5, 0.6) is 11.5 Å². The second-order valence-corrected chi connectivity index (χ2v) is 18.8. The van der Waals surface area contributed by atoms with Gasteiger partial charge in [0, 0.05) is 39.0 Å². The molecule has 12 aromatic carbocycles. The van der Waals surface area contributed by atoms with E-state index < -0.39 is 5.41 Å². The lowest BCUT2D eigenvalue weighted by Gasteiger charge is -2.40. The average Bonchev–Trinajstić information content (AvgIpc) is 3.75. The molecule has 2 heteroatoms. The van der Waals surface area contributed by atoms with Gasteiger partial charge >= 0.3 is 0 Å². The predicted octanol–water partition coefficient (Wildman–Crippen LogP) is 18.6. The molecule has 332 valence electrons. The average molecular weight is 904 g/mol. The van der Waals surface area contributed by atoms with Gasteiger partial charge in [0.15, 0.2) is 0 Å². The van der Waals surface area contributed by atoms with Crippen molar-refractivity contribution in [3.63, 3.8) is 0 Å². The Labute approximate surface area is 414 Å². The Morgan fingerprint density at radius 1 is 0.254 bits per heavy atom. The summed E-state index contributed by atoms with van der Waals surface area (Å²) in [5, 5.41) is 4.57. The third-order valence-electron chi connectivity index (χ3n) is 14.9. The van der Waals surface area contributed by atoms with E-state index in [1.54, 1.807) is 0 Å². The van der Waals surface area contributed by atoms with Crippen LogP contribution in [0, 0.1) is 0 Å². The second kappa shape index (κ2) is 16.5. The summed E-state index contributed by atoms with van der Waals surface area (Å²) in [5.41, 5.74) is 19.5. The summed E-state index contributed by atoms with van der Waals surface area (Å²) in [7, 11) is 0. The lowest BCUT2D eigenvalue weighted by atomic mass is 9.65. The molecule has 0 unspecified atom stereocenters. The normalized spacial score (nSPS) is 12.7. The van der Waals surface area contributed by atoms with Gasteiger partial charge in [-0.05, 0) is 120 Å². The largest absolute Gasteiger partial charge is 0.455 e. The molecule has 0 aromatic heterocycles. The standard InChI is InChI=1S/C69H45NO/c1-3-14-46(15-4-1)48-26-28-49(29-27-48)51-32-39-57(40-33-51)70(56-37-30-50(31-38-56)47-16-5-2-6-17-47)58-21-13-20-54(44-58)55-36-41-64-62(45-55)61-24-11-12-25-63(61)69(64)65-42-34-52-18-7-9-22-59(52)67(65)71-68-60-23-10-8-19-53(60)35-43-66(68)69/h1-45H. The first kappa shape index (κ1) is 40.8. The quantitative estimate of drug-likeness (QED) is 0.158. The number of hydrogen-bond acceptors (Lipinski definition) is 2. The Morgan fingerprint density at radius 3 is 1.23 bits per heavy atom. The van der Waals surface area contributed by atoms with Crippen molar-refractivity contribution in [2.45, 2.75) is 5.41 Å². The van der Waals surface area contributed by atoms with Crippen LogP contribution in [-0.2, 0) is 5.41 Å². The van der Waals surface area contributed by atoms with Crippen LogP contribution in [-0.4, -0.2) is 0 Å². The first-order valence-electron chi connectivity index (χ1n) is 24.5. The first-order chi connectivity index (χ1) is 35.2. The van der Waals surface area contributed by atoms with Crippen molar-refractivity contribution in [1.82, 2.24) is 0 Å². The molecule has 71 heavy (non-hydrogen) atoms. The molecule has 0 N–H and O–H groups in total. The van der Waals surface area contributed by atoms with Gasteiger partial charge in [0.25, 0.3) is 0 Å². The van der Waals surface area contributed by atoms with Crippen LogP contribution in [0.25, 0.3) is 77.2 Å². The number of benzene rings is 12. The van der Waals surface area contributed by atoms with E-state index >= 15 is 0 Å². The highest BCUT2D eigenvalue weighted by molar-refractivity contribution is 6.00. The zero-order valence-electron chi connectivity index (χ0n) is 38.8. The van der Waals surface area contributed by atoms with E-state index in [2.05, 4.69) is 278 Å². The zero-order chi connectivity index (χ0) is 46.9. The van der Waals surface area contributed by atoms with E-state index in [4.69, 9.17) is 4.74 Å². The highest BCUT2D eigenvalue weighted by atomic mass is 16.5. The number of anilines is 3. The van der Waals surface area contributed by atoms with E-state index in [1.165, 1.54) is 66.8 Å². The molecule has 0 saturated carbocycles. The van der Waals surface area contributed by atoms with E-state index in [1.807, 2.05) is 0 Å². The molecule has 2 nitrogen and oxygen atoms in total. The minimum Gasteiger partial charge on any atom is -0.455 e. The highest BCUT2D eigenvalue weighted by Gasteiger charge is 2.51. The van der Waals surface area contributed by atoms with Gasteiger partial charge in [-0.15, -0.1) is 0 Å². The van der Waals surface area contributed by atoms with Crippen LogP contribution in [0.4, 0.5) is 17.1 Å². The summed E-state index contributed by atoms with van der Waals surface area (Å²) in [6, 6.07) is 99.6. The number of rotatable bonds is 7. The predicted molar refractivity (Wildman–Crippen MR) is 295 cm³/mol. The van der Waals surface area contributed by atoms with Crippen molar-refractivity contribution in [2.24, 2.45) is 0 Å². The highest BCUT2D eigenvalue weighted by Crippen LogP contribution is 2.64. The fourth-order valence-electron chi connectivity index (χ4n) is 11.6. The Morgan fingerprint density at radius 2 is 0.662 bits per heavy atom. The Bertz CT molecular complexity index is 3900. The van der Waals surface area contributed by atoms with E-state index in [0.29, 0.717) is 0 Å². The summed E-state index contributed by atoms with van der Waals surface area (Å²) in [6.45, 7) is 0. The number of hydrogen-bond donors (Lipinski definition) is 0. The fourth-order valence-corrected chi connectivity index (χ4v) is 11.6. The molecule has 0 saturated heterocycles. The molecule has 1 heterocycles. The van der Waals surface area contributed by atoms with Gasteiger partial charge < -0.3 is 9.64 Å². The monoisotopic (exact) mass is 903 g/mol. The molecule has 2 aliphatic rings. The van der Waals surface area contributed by atoms with Gasteiger partial charge in [0.2, 0.25) is 0 Å². The summed E-state index contributed by atoms with van der Waals surface area (Å²) >= 11 is 0. The van der Waals surface area contributed by atoms with Gasteiger partial charge in [-0.25, -0.2) is 0 Å². The summed E-state index contributed by atoms with van der Waals surface area (Å²) < 4.78 is 7.20. The Kier molecular flexibility index (Phi) is 9.47. The maximum atomic E-state index is 7.20. The third-order valence-corrected chi connectivity index (χ3v) is 14.9. The summed E-state index contributed by atoms with van der Waals surface area (Å²) in [6.07, 6.45) is 0. The summed E-state index contributed by atoms with van der Waals surface area (Å²) in [5.74, 6) is 1.86. The fraction of sp³-hybridized carbons (Fsp3) is 0.0145. The third kappa shape index (κ3) is 6.57. The molecule has 12 aromatic rings. The lowest BCUT2D eigenvalue weighted by molar-refractivity contribution is 0.447. The lowest BCUT2D eigenvalue weighted by Crippen LogP contribution is -2.32. The molecule has 0 fully saturated rings. The molecule has 0 amide bonds. The van der Waals surface area contributed by atoms with E-state index in [9.17, 15) is 0 Å². The van der Waals surface area contributed by atoms with Crippen LogP contribution >= 0.6 is 0 Å². The smallest absolute Gasteiger partial charge is 0.140 e. The van der Waals surface area contributed by atoms with Crippen molar-refractivity contribution in [2.75, 3.05) is 4.90 Å². The Balaban J connectivity index is 0.895. The van der Waals surface area contributed by atoms with Gasteiger partial charge in [0.05, 0.1) is 5.41 Å². The molecular formula is C69H45NO. The molecule has 0 bridgehead atoms. The van der Waals surface area contributed by atoms with Crippen molar-refractivity contribution in [1.29, 1.82) is 0 Å². The van der Waals surface area contributed by atoms with Gasteiger partial charge in [-0.3, -0.25) is 0 Å². The molecule has 1 aliphatic heterocycles. The van der Waals surface area contributed by atoms with Crippen molar-refractivity contribution in [3.05, 3.63) is 295 Å². The minimum absolute atomic E-state index is 0.595. The van der Waals surface area contributed by atoms with Crippen molar-refractivity contribution in [3.8, 4) is 67.1 Å². The molecule has 0 atom stereocenters. The van der Waals surface area contributed by atoms with Crippen molar-refractivity contribution < 1.29 is 4.74 Å². The topological polar surface area (TPSA) is 12.5 Å². The van der Waals surface area contributed by atoms with Gasteiger partial charge in [0.1, 0.15) is 11.5 Å². The molecular weight excluding hydrogens is 859 g/mol. The second-order valence-electron chi connectivity index (χ2n) is 18.8. The van der Waals surface area contributed by atoms with Gasteiger partial charge in [-0.2, -0.15) is 0 Å². The van der Waals surface area contributed by atoms with Crippen molar-refractivity contribution >= 4 is 38.6 Å². The van der Waals surface area contributed by atoms with Crippen LogP contribution in [0.15, 0.2) is 273 Å². The number of fused-ring (bicyclic) bond motifs is 13. The van der Waals surface area contributed by atoms with Crippen LogP contribution < -0.4 is 9.64 Å². The number of ether oxygens (including phenoxy) is 1.